The molecule has 190 valence electrons. The first kappa shape index (κ1) is 25.4. The molecule has 4 rings (SSSR count). The van der Waals surface area contributed by atoms with Crippen molar-refractivity contribution in [3.05, 3.63) is 23.4 Å². The number of hydrogen-bond donors (Lipinski definition) is 2. The summed E-state index contributed by atoms with van der Waals surface area (Å²) < 4.78 is 4.80. The summed E-state index contributed by atoms with van der Waals surface area (Å²) in [6.07, 6.45) is 3.84. The first-order chi connectivity index (χ1) is 17.4. The second-order valence-electron chi connectivity index (χ2n) is 8.85. The van der Waals surface area contributed by atoms with Crippen LogP contribution in [0.15, 0.2) is 23.2 Å². The van der Waals surface area contributed by atoms with Crippen LogP contribution in [0.5, 0.6) is 0 Å². The van der Waals surface area contributed by atoms with Crippen LogP contribution in [0.2, 0.25) is 5.15 Å². The Morgan fingerprint density at radius 1 is 1.31 bits per heavy atom. The number of methoxy groups -OCH3 is 1. The Labute approximate surface area is 213 Å². The van der Waals surface area contributed by atoms with E-state index in [2.05, 4.69) is 20.5 Å². The Balaban J connectivity index is 1.61. The van der Waals surface area contributed by atoms with Gasteiger partial charge < -0.3 is 19.9 Å². The van der Waals surface area contributed by atoms with E-state index in [1.54, 1.807) is 23.1 Å². The van der Waals surface area contributed by atoms with Crippen molar-refractivity contribution in [1.82, 2.24) is 20.0 Å². The molecule has 1 unspecified atom stereocenters. The highest BCUT2D eigenvalue weighted by atomic mass is 35.5. The number of fused-ring (bicyclic) bond motifs is 1. The number of aliphatic imine (C=N–C) groups is 1. The van der Waals surface area contributed by atoms with E-state index >= 15 is 0 Å². The number of halogens is 1. The number of aromatic nitrogens is 2. The normalized spacial score (nSPS) is 19.6. The van der Waals surface area contributed by atoms with Crippen LogP contribution in [0.1, 0.15) is 32.1 Å². The summed E-state index contributed by atoms with van der Waals surface area (Å²) in [5.41, 5.74) is 1.09. The lowest BCUT2D eigenvalue weighted by molar-refractivity contribution is -0.141. The van der Waals surface area contributed by atoms with Crippen molar-refractivity contribution in [2.75, 3.05) is 38.6 Å². The highest BCUT2D eigenvalue weighted by Crippen LogP contribution is 2.24. The number of likely N-dealkylation sites (tertiary alicyclic amines) is 2. The zero-order valence-electron chi connectivity index (χ0n) is 20.0. The third kappa shape index (κ3) is 5.60. The molecule has 2 N–H and O–H groups in total. The Hall–Kier alpha value is -3.65. The van der Waals surface area contributed by atoms with E-state index in [1.807, 2.05) is 6.07 Å². The number of nitrogens with zero attached hydrogens (tertiary/aromatic N) is 5. The number of anilines is 1. The molecule has 0 aliphatic carbocycles. The van der Waals surface area contributed by atoms with Crippen LogP contribution < -0.4 is 5.32 Å². The van der Waals surface area contributed by atoms with E-state index in [0.717, 1.165) is 25.7 Å². The molecule has 2 fully saturated rings. The first-order valence-corrected chi connectivity index (χ1v) is 12.3. The molecule has 0 bridgehead atoms. The van der Waals surface area contributed by atoms with Gasteiger partial charge in [0.15, 0.2) is 0 Å². The van der Waals surface area contributed by atoms with Crippen molar-refractivity contribution in [3.8, 4) is 6.07 Å². The van der Waals surface area contributed by atoms with Gasteiger partial charge in [-0.1, -0.05) is 11.6 Å². The van der Waals surface area contributed by atoms with Crippen molar-refractivity contribution in [3.63, 3.8) is 0 Å². The number of nitrogens with one attached hydrogen (secondary N) is 2. The number of carbonyl (C=O) groups is 3. The Kier molecular flexibility index (Phi) is 8.05. The highest BCUT2D eigenvalue weighted by molar-refractivity contribution is 6.34. The first-order valence-electron chi connectivity index (χ1n) is 11.9. The number of carbonyl (C=O) groups excluding carboxylic acids is 3. The predicted molar refractivity (Wildman–Crippen MR) is 133 cm³/mol. The van der Waals surface area contributed by atoms with Gasteiger partial charge in [0.1, 0.15) is 17.0 Å². The van der Waals surface area contributed by atoms with E-state index in [0.29, 0.717) is 47.8 Å². The molecule has 36 heavy (non-hydrogen) atoms. The standard InChI is InChI=1S/C24H28ClN7O4/c1-36-24(35)17(13-26)22(27-15-7-8-16-19(12-15)29-30-21(16)25)28-18-6-2-3-11-32(23(18)34)14-20(33)31-9-4-5-10-31/h7-8,12,17-18H,2-6,9-11,14H2,1H3,(H,27,28)(H,29,30)/t17?,18-/m0/s1. The van der Waals surface area contributed by atoms with E-state index in [-0.39, 0.29) is 24.2 Å². The lowest BCUT2D eigenvalue weighted by Crippen LogP contribution is -2.45. The van der Waals surface area contributed by atoms with E-state index in [1.165, 1.54) is 12.0 Å². The summed E-state index contributed by atoms with van der Waals surface area (Å²) in [6.45, 7) is 1.89. The predicted octanol–water partition coefficient (Wildman–Crippen LogP) is 2.34. The number of amidine groups is 1. The molecule has 2 aliphatic rings. The smallest absolute Gasteiger partial charge is 0.330 e. The SMILES string of the molecule is COC(=O)C(C#N)C(=N[C@H]1CCCCN(CC(=O)N2CCCC2)C1=O)Nc1ccc2c(Cl)[nH]nc2c1. The van der Waals surface area contributed by atoms with Crippen molar-refractivity contribution in [2.24, 2.45) is 10.9 Å². The zero-order chi connectivity index (χ0) is 25.7. The van der Waals surface area contributed by atoms with Crippen LogP contribution in [0.3, 0.4) is 0 Å². The fraction of sp³-hybridized carbons (Fsp3) is 0.500. The van der Waals surface area contributed by atoms with Gasteiger partial charge in [-0.2, -0.15) is 10.4 Å². The molecule has 1 aromatic heterocycles. The Bertz CT molecular complexity index is 1210. The maximum absolute atomic E-state index is 13.4. The molecule has 11 nitrogen and oxygen atoms in total. The number of aromatic amines is 1. The minimum Gasteiger partial charge on any atom is -0.468 e. The molecule has 2 amide bonds. The van der Waals surface area contributed by atoms with Crippen LogP contribution in [0, 0.1) is 17.2 Å². The summed E-state index contributed by atoms with van der Waals surface area (Å²) in [4.78, 5) is 46.4. The molecule has 2 aromatic rings. The number of benzene rings is 1. The van der Waals surface area contributed by atoms with Gasteiger partial charge in [0.25, 0.3) is 0 Å². The maximum atomic E-state index is 13.4. The van der Waals surface area contributed by atoms with Crippen LogP contribution in [-0.2, 0) is 19.1 Å². The van der Waals surface area contributed by atoms with Gasteiger partial charge >= 0.3 is 5.97 Å². The quantitative estimate of drug-likeness (QED) is 0.342. The van der Waals surface area contributed by atoms with Gasteiger partial charge in [0.2, 0.25) is 17.7 Å². The third-order valence-corrected chi connectivity index (χ3v) is 6.74. The van der Waals surface area contributed by atoms with Crippen molar-refractivity contribution >= 4 is 51.8 Å². The monoisotopic (exact) mass is 513 g/mol. The van der Waals surface area contributed by atoms with Crippen LogP contribution >= 0.6 is 11.6 Å². The summed E-state index contributed by atoms with van der Waals surface area (Å²) in [5, 5.41) is 20.7. The lowest BCUT2D eigenvalue weighted by atomic mass is 10.1. The van der Waals surface area contributed by atoms with Gasteiger partial charge in [0.05, 0.1) is 25.2 Å². The van der Waals surface area contributed by atoms with Crippen LogP contribution in [0.4, 0.5) is 5.69 Å². The minimum atomic E-state index is -1.37. The number of H-pyrrole nitrogens is 1. The molecule has 2 aliphatic heterocycles. The highest BCUT2D eigenvalue weighted by Gasteiger charge is 2.33. The van der Waals surface area contributed by atoms with Gasteiger partial charge in [-0.3, -0.25) is 24.5 Å². The second kappa shape index (κ2) is 11.4. The zero-order valence-corrected chi connectivity index (χ0v) is 20.8. The molecule has 0 spiro atoms. The largest absolute Gasteiger partial charge is 0.468 e. The number of ether oxygens (including phenoxy) is 1. The second-order valence-corrected chi connectivity index (χ2v) is 9.23. The number of rotatable bonds is 6. The molecule has 2 saturated heterocycles. The molecular weight excluding hydrogens is 486 g/mol. The fourth-order valence-corrected chi connectivity index (χ4v) is 4.69. The average molecular weight is 514 g/mol. The van der Waals surface area contributed by atoms with Gasteiger partial charge in [0, 0.05) is 30.7 Å². The molecule has 2 atom stereocenters. The Morgan fingerprint density at radius 3 is 2.78 bits per heavy atom. The summed E-state index contributed by atoms with van der Waals surface area (Å²) in [6, 6.07) is 6.21. The molecule has 1 aromatic carbocycles. The van der Waals surface area contributed by atoms with E-state index in [4.69, 9.17) is 16.3 Å². The maximum Gasteiger partial charge on any atom is 0.330 e. The fourth-order valence-electron chi connectivity index (χ4n) is 4.49. The molecule has 3 heterocycles. The average Bonchev–Trinajstić information content (AvgIpc) is 3.51. The van der Waals surface area contributed by atoms with Crippen molar-refractivity contribution < 1.29 is 19.1 Å². The van der Waals surface area contributed by atoms with E-state index < -0.39 is 17.9 Å². The summed E-state index contributed by atoms with van der Waals surface area (Å²) in [5.74, 6) is -2.54. The Morgan fingerprint density at radius 2 is 2.06 bits per heavy atom. The number of esters is 1. The third-order valence-electron chi connectivity index (χ3n) is 6.45. The molecular formula is C24H28ClN7O4. The van der Waals surface area contributed by atoms with E-state index in [9.17, 15) is 19.6 Å². The lowest BCUT2D eigenvalue weighted by Gasteiger charge is -2.25. The number of amides is 2. The number of nitriles is 1. The van der Waals surface area contributed by atoms with Gasteiger partial charge in [-0.15, -0.1) is 0 Å². The van der Waals surface area contributed by atoms with Gasteiger partial charge in [-0.25, -0.2) is 0 Å². The summed E-state index contributed by atoms with van der Waals surface area (Å²) in [7, 11) is 1.19. The molecule has 0 radical (unpaired) electrons. The van der Waals surface area contributed by atoms with Crippen LogP contribution in [0.25, 0.3) is 10.9 Å². The van der Waals surface area contributed by atoms with Crippen LogP contribution in [-0.4, -0.2) is 82.9 Å². The minimum absolute atomic E-state index is 0.00286. The van der Waals surface area contributed by atoms with Crippen molar-refractivity contribution in [1.29, 1.82) is 5.26 Å². The van der Waals surface area contributed by atoms with Gasteiger partial charge in [-0.05, 0) is 50.3 Å². The van der Waals surface area contributed by atoms with Crippen molar-refractivity contribution in [2.45, 2.75) is 38.1 Å². The molecule has 0 saturated carbocycles. The summed E-state index contributed by atoms with van der Waals surface area (Å²) >= 11 is 6.08. The number of hydrogen-bond acceptors (Lipinski definition) is 7. The molecule has 12 heteroatoms. The topological polar surface area (TPSA) is 144 Å².